The summed E-state index contributed by atoms with van der Waals surface area (Å²) in [5.74, 6) is -4.76. The van der Waals surface area contributed by atoms with Gasteiger partial charge in [-0.05, 0) is 12.8 Å². The highest BCUT2D eigenvalue weighted by molar-refractivity contribution is 14.1. The minimum atomic E-state index is -3.33. The number of hydrogen-bond acceptors (Lipinski definition) is 2. The van der Waals surface area contributed by atoms with Gasteiger partial charge in [-0.2, -0.15) is 8.78 Å². The van der Waals surface area contributed by atoms with E-state index in [-0.39, 0.29) is 3.92 Å². The van der Waals surface area contributed by atoms with Crippen molar-refractivity contribution in [3.05, 3.63) is 0 Å². The summed E-state index contributed by atoms with van der Waals surface area (Å²) < 4.78 is 30.6. The van der Waals surface area contributed by atoms with Crippen molar-refractivity contribution in [3.63, 3.8) is 0 Å². The minimum Gasteiger partial charge on any atom is -0.465 e. The van der Waals surface area contributed by atoms with E-state index >= 15 is 0 Å². The fourth-order valence-electron chi connectivity index (χ4n) is 1.53. The van der Waals surface area contributed by atoms with Crippen LogP contribution in [0.5, 0.6) is 0 Å². The Labute approximate surface area is 116 Å². The largest absolute Gasteiger partial charge is 0.465 e. The van der Waals surface area contributed by atoms with Crippen molar-refractivity contribution in [1.82, 2.24) is 0 Å². The van der Waals surface area contributed by atoms with Crippen molar-refractivity contribution in [1.29, 1.82) is 0 Å². The van der Waals surface area contributed by atoms with Crippen LogP contribution in [-0.2, 0) is 9.53 Å². The number of rotatable bonds is 9. The minimum absolute atomic E-state index is 0.208. The van der Waals surface area contributed by atoms with Crippen LogP contribution in [0.15, 0.2) is 0 Å². The predicted octanol–water partition coefficient (Wildman–Crippen LogP) is 4.35. The van der Waals surface area contributed by atoms with E-state index in [2.05, 4.69) is 34.3 Å². The van der Waals surface area contributed by atoms with E-state index in [4.69, 9.17) is 0 Å². The zero-order valence-corrected chi connectivity index (χ0v) is 12.6. The Balaban J connectivity index is 3.75. The van der Waals surface area contributed by atoms with Gasteiger partial charge in [0, 0.05) is 10.3 Å². The second kappa shape index (κ2) is 9.05. The Morgan fingerprint density at radius 2 is 1.94 bits per heavy atom. The van der Waals surface area contributed by atoms with Gasteiger partial charge in [0.2, 0.25) is 0 Å². The summed E-state index contributed by atoms with van der Waals surface area (Å²) in [6.07, 6.45) is 5.48. The smallest absolute Gasteiger partial charge is 0.376 e. The van der Waals surface area contributed by atoms with E-state index in [1.807, 2.05) is 0 Å². The van der Waals surface area contributed by atoms with Crippen LogP contribution >= 0.6 is 22.6 Å². The maximum Gasteiger partial charge on any atom is 0.376 e. The van der Waals surface area contributed by atoms with Crippen molar-refractivity contribution < 1.29 is 18.3 Å². The van der Waals surface area contributed by atoms with E-state index in [9.17, 15) is 13.6 Å². The van der Waals surface area contributed by atoms with Gasteiger partial charge < -0.3 is 4.74 Å². The Hall–Kier alpha value is 0.0600. The molecule has 0 saturated carbocycles. The van der Waals surface area contributed by atoms with Gasteiger partial charge in [0.1, 0.15) is 0 Å². The number of alkyl halides is 3. The van der Waals surface area contributed by atoms with E-state index in [0.29, 0.717) is 6.42 Å². The van der Waals surface area contributed by atoms with Crippen LogP contribution in [0, 0.1) is 0 Å². The standard InChI is InChI=1S/C12H21F2IO2/c1-3-4-5-6-7-10(15)8-9-12(13,14)11(16)17-2/h10H,3-9H2,1-2H3. The highest BCUT2D eigenvalue weighted by atomic mass is 127. The maximum absolute atomic E-state index is 13.1. The first kappa shape index (κ1) is 17.1. The third-order valence-corrected chi connectivity index (χ3v) is 3.87. The van der Waals surface area contributed by atoms with Crippen LogP contribution in [-0.4, -0.2) is 22.9 Å². The molecule has 0 rings (SSSR count). The van der Waals surface area contributed by atoms with Crippen LogP contribution in [0.1, 0.15) is 51.9 Å². The second-order valence-corrected chi connectivity index (χ2v) is 5.94. The topological polar surface area (TPSA) is 26.3 Å². The molecule has 1 atom stereocenters. The molecule has 17 heavy (non-hydrogen) atoms. The lowest BCUT2D eigenvalue weighted by molar-refractivity contribution is -0.169. The molecule has 0 bridgehead atoms. The first-order valence-corrected chi connectivity index (χ1v) is 7.29. The van der Waals surface area contributed by atoms with Gasteiger partial charge in [0.25, 0.3) is 0 Å². The summed E-state index contributed by atoms with van der Waals surface area (Å²) in [4.78, 5) is 10.8. The van der Waals surface area contributed by atoms with Crippen molar-refractivity contribution >= 4 is 28.6 Å². The number of esters is 1. The molecule has 0 spiro atoms. The third-order valence-electron chi connectivity index (χ3n) is 2.63. The molecule has 0 fully saturated rings. The lowest BCUT2D eigenvalue weighted by Gasteiger charge is -2.15. The Morgan fingerprint density at radius 3 is 2.47 bits per heavy atom. The lowest BCUT2D eigenvalue weighted by Crippen LogP contribution is -2.30. The van der Waals surface area contributed by atoms with Gasteiger partial charge in [0.15, 0.2) is 0 Å². The average molecular weight is 362 g/mol. The molecular weight excluding hydrogens is 341 g/mol. The SMILES string of the molecule is CCCCCCC(I)CCC(F)(F)C(=O)OC. The first-order valence-electron chi connectivity index (χ1n) is 6.04. The highest BCUT2D eigenvalue weighted by Crippen LogP contribution is 2.26. The van der Waals surface area contributed by atoms with Gasteiger partial charge in [-0.15, -0.1) is 0 Å². The summed E-state index contributed by atoms with van der Waals surface area (Å²) in [7, 11) is 0.989. The summed E-state index contributed by atoms with van der Waals surface area (Å²) in [5, 5.41) is 0. The van der Waals surface area contributed by atoms with Crippen molar-refractivity contribution in [2.75, 3.05) is 7.11 Å². The molecule has 0 aromatic heterocycles. The van der Waals surface area contributed by atoms with Gasteiger partial charge >= 0.3 is 11.9 Å². The Bertz CT molecular complexity index is 223. The molecule has 0 aromatic rings. The molecule has 0 N–H and O–H groups in total. The van der Waals surface area contributed by atoms with Crippen LogP contribution in [0.3, 0.4) is 0 Å². The molecule has 1 unspecified atom stereocenters. The molecule has 0 amide bonds. The molecule has 0 radical (unpaired) electrons. The van der Waals surface area contributed by atoms with Crippen molar-refractivity contribution in [3.8, 4) is 0 Å². The molecule has 0 aliphatic carbocycles. The molecule has 5 heteroatoms. The number of hydrogen-bond donors (Lipinski definition) is 0. The third kappa shape index (κ3) is 7.89. The molecule has 0 saturated heterocycles. The van der Waals surface area contributed by atoms with Gasteiger partial charge in [-0.1, -0.05) is 55.2 Å². The number of ether oxygens (including phenoxy) is 1. The van der Waals surface area contributed by atoms with Gasteiger partial charge in [-0.25, -0.2) is 4.79 Å². The Morgan fingerprint density at radius 1 is 1.29 bits per heavy atom. The van der Waals surface area contributed by atoms with Gasteiger partial charge in [-0.3, -0.25) is 0 Å². The fourth-order valence-corrected chi connectivity index (χ4v) is 2.28. The molecular formula is C12H21F2IO2. The molecule has 0 heterocycles. The molecule has 0 aliphatic heterocycles. The van der Waals surface area contributed by atoms with E-state index in [1.165, 1.54) is 12.8 Å². The van der Waals surface area contributed by atoms with Crippen LogP contribution in [0.4, 0.5) is 8.78 Å². The summed E-state index contributed by atoms with van der Waals surface area (Å²) in [6, 6.07) is 0. The Kier molecular flexibility index (Phi) is 9.08. The first-order chi connectivity index (χ1) is 7.94. The monoisotopic (exact) mass is 362 g/mol. The molecule has 102 valence electrons. The number of carbonyl (C=O) groups is 1. The zero-order valence-electron chi connectivity index (χ0n) is 10.5. The number of carbonyl (C=O) groups excluding carboxylic acids is 1. The molecule has 0 aromatic carbocycles. The van der Waals surface area contributed by atoms with E-state index < -0.39 is 18.3 Å². The van der Waals surface area contributed by atoms with Crippen molar-refractivity contribution in [2.24, 2.45) is 0 Å². The zero-order chi connectivity index (χ0) is 13.3. The molecule has 0 aliphatic rings. The average Bonchev–Trinajstić information content (AvgIpc) is 2.31. The number of halogens is 3. The van der Waals surface area contributed by atoms with Crippen LogP contribution in [0.2, 0.25) is 0 Å². The van der Waals surface area contributed by atoms with Crippen molar-refractivity contribution in [2.45, 2.75) is 61.7 Å². The molecule has 2 nitrogen and oxygen atoms in total. The lowest BCUT2D eigenvalue weighted by atomic mass is 10.1. The maximum atomic E-state index is 13.1. The number of methoxy groups -OCH3 is 1. The van der Waals surface area contributed by atoms with E-state index in [0.717, 1.165) is 26.4 Å². The normalized spacial score (nSPS) is 13.5. The van der Waals surface area contributed by atoms with Gasteiger partial charge in [0.05, 0.1) is 7.11 Å². The van der Waals surface area contributed by atoms with Crippen LogP contribution in [0.25, 0.3) is 0 Å². The quantitative estimate of drug-likeness (QED) is 0.264. The summed E-state index contributed by atoms with van der Waals surface area (Å²) in [6.45, 7) is 2.14. The second-order valence-electron chi connectivity index (χ2n) is 4.18. The van der Waals surface area contributed by atoms with Crippen LogP contribution < -0.4 is 0 Å². The van der Waals surface area contributed by atoms with E-state index in [1.54, 1.807) is 0 Å². The number of unbranched alkanes of at least 4 members (excludes halogenated alkanes) is 3. The summed E-state index contributed by atoms with van der Waals surface area (Å²) in [5.41, 5.74) is 0. The fraction of sp³-hybridized carbons (Fsp3) is 0.917. The predicted molar refractivity (Wildman–Crippen MR) is 72.8 cm³/mol. The highest BCUT2D eigenvalue weighted by Gasteiger charge is 2.39. The summed E-state index contributed by atoms with van der Waals surface area (Å²) >= 11 is 2.18.